The molecule has 0 saturated heterocycles. The summed E-state index contributed by atoms with van der Waals surface area (Å²) < 4.78 is 324. The van der Waals surface area contributed by atoms with E-state index in [9.17, 15) is 20.6 Å². The lowest BCUT2D eigenvalue weighted by Crippen LogP contribution is -2.01. The van der Waals surface area contributed by atoms with Gasteiger partial charge in [0.2, 0.25) is 0 Å². The molecule has 0 fully saturated rings. The summed E-state index contributed by atoms with van der Waals surface area (Å²) in [7, 11) is 0. The minimum atomic E-state index is -1.27. The Morgan fingerprint density at radius 2 is 0.702 bits per heavy atom. The first-order valence-corrected chi connectivity index (χ1v) is 16.8. The van der Waals surface area contributed by atoms with E-state index in [1.165, 1.54) is 0 Å². The molecule has 9 aromatic carbocycles. The standard InChI is InChI=1S/C54H35N3/c1-3-16-36(17-4-1)38-32-39(37-18-5-2-6-19-37)34-41(33-38)56-50-27-13-9-22-44(50)46-24-15-29-53(54(46)56)57-51-28-14-10-23-45(51)47-35-40(30-31-52(47)57)55-48-25-11-7-20-42(48)43-21-8-12-26-49(43)55/h1-35H/i1D,2D,3D,4D,5D,6D,7D,8D,9D,10D,11D,12D,13D,14D,15D,16D,17D,18D,19D,20D,21D,22D,23D,24D,25D,26D,27D,28D,29D,30D,31D,32D,33D,34D,35D. The largest absolute Gasteiger partial charge is 0.309 e. The summed E-state index contributed by atoms with van der Waals surface area (Å²) in [4.78, 5) is 0. The van der Waals surface area contributed by atoms with E-state index >= 15 is 0 Å². The molecular weight excluding hydrogens is 691 g/mol. The third-order valence-corrected chi connectivity index (χ3v) is 9.28. The molecule has 0 atom stereocenters. The number of fused-ring (bicyclic) bond motifs is 9. The summed E-state index contributed by atoms with van der Waals surface area (Å²) >= 11 is 0. The molecule has 266 valence electrons. The fraction of sp³-hybridized carbons (Fsp3) is 0. The minimum Gasteiger partial charge on any atom is -0.309 e. The van der Waals surface area contributed by atoms with Crippen LogP contribution >= 0.6 is 0 Å². The van der Waals surface area contributed by atoms with Crippen molar-refractivity contribution in [2.75, 3.05) is 0 Å². The molecule has 0 aliphatic heterocycles. The van der Waals surface area contributed by atoms with Crippen LogP contribution in [0, 0.1) is 0 Å². The lowest BCUT2D eigenvalue weighted by molar-refractivity contribution is 1.13. The SMILES string of the molecule is [2H]c1c([2H])c([2H])c(-c2c([2H])c(-c3c([2H])c([2H])c([2H])c([2H])c3[2H])c([2H])c(-n3c4c([2H])c([2H])c([2H])c([2H])c4c4c([2H])c([2H])c([2H])c(-n5c6c([2H])c([2H])c([2H])c([2H])c6c6c([2H])c(-n7c8c([2H])c([2H])c([2H])c([2H])c8c8c([2H])c([2H])c([2H])c([2H])c87)c([2H])c([2H])c65)c43)c2[2H])c([2H])c1[2H]. The van der Waals surface area contributed by atoms with Crippen molar-refractivity contribution >= 4 is 65.4 Å². The Hall–Kier alpha value is -7.62. The highest BCUT2D eigenvalue weighted by molar-refractivity contribution is 6.16. The average molecular weight is 761 g/mol. The van der Waals surface area contributed by atoms with Crippen molar-refractivity contribution in [2.45, 2.75) is 0 Å². The molecule has 0 aliphatic rings. The van der Waals surface area contributed by atoms with E-state index < -0.39 is 316 Å². The topological polar surface area (TPSA) is 14.8 Å². The molecule has 12 aromatic rings. The Kier molecular flexibility index (Phi) is 2.78. The molecular formula is C54H35N3. The van der Waals surface area contributed by atoms with Crippen molar-refractivity contribution in [1.29, 1.82) is 0 Å². The predicted octanol–water partition coefficient (Wildman–Crippen LogP) is 14.3. The Morgan fingerprint density at radius 3 is 1.28 bits per heavy atom. The molecule has 0 saturated carbocycles. The van der Waals surface area contributed by atoms with Crippen LogP contribution in [0.1, 0.15) is 48.0 Å². The first-order valence-electron chi connectivity index (χ1n) is 34.3. The number of benzene rings is 9. The van der Waals surface area contributed by atoms with Gasteiger partial charge in [0.05, 0.1) is 86.8 Å². The summed E-state index contributed by atoms with van der Waals surface area (Å²) in [5.41, 5.74) is -12.0. The smallest absolute Gasteiger partial charge is 0.0782 e. The Labute approximate surface area is 378 Å². The lowest BCUT2D eigenvalue weighted by Gasteiger charge is -2.17. The van der Waals surface area contributed by atoms with Gasteiger partial charge in [-0.25, -0.2) is 0 Å². The molecule has 3 heterocycles. The molecule has 57 heavy (non-hydrogen) atoms. The Balaban J connectivity index is 1.41. The van der Waals surface area contributed by atoms with Crippen LogP contribution in [-0.4, -0.2) is 13.7 Å². The summed E-state index contributed by atoms with van der Waals surface area (Å²) in [6, 6.07) is -36.9. The third kappa shape index (κ3) is 4.79. The van der Waals surface area contributed by atoms with E-state index in [-0.39, 0.29) is 0 Å². The molecule has 3 aromatic heterocycles. The van der Waals surface area contributed by atoms with Gasteiger partial charge in [0.1, 0.15) is 0 Å². The van der Waals surface area contributed by atoms with Crippen LogP contribution in [0.3, 0.4) is 0 Å². The number of para-hydroxylation sites is 5. The Bertz CT molecular complexity index is 5350. The van der Waals surface area contributed by atoms with E-state index in [1.807, 2.05) is 0 Å². The molecule has 3 heteroatoms. The molecule has 0 aliphatic carbocycles. The number of nitrogens with zero attached hydrogens (tertiary/aromatic N) is 3. The van der Waals surface area contributed by atoms with Gasteiger partial charge in [-0.1, -0.05) is 145 Å². The Morgan fingerprint density at radius 1 is 0.263 bits per heavy atom. The lowest BCUT2D eigenvalue weighted by atomic mass is 9.98. The van der Waals surface area contributed by atoms with Crippen molar-refractivity contribution in [1.82, 2.24) is 13.7 Å². The highest BCUT2D eigenvalue weighted by atomic mass is 15.1. The quantitative estimate of drug-likeness (QED) is 0.166. The predicted molar refractivity (Wildman–Crippen MR) is 240 cm³/mol. The van der Waals surface area contributed by atoms with Crippen LogP contribution in [-0.2, 0) is 0 Å². The minimum absolute atomic E-state index is 0.542. The summed E-state index contributed by atoms with van der Waals surface area (Å²) in [5.74, 6) is 0. The highest BCUT2D eigenvalue weighted by Crippen LogP contribution is 2.42. The van der Waals surface area contributed by atoms with E-state index in [0.29, 0.717) is 13.7 Å². The highest BCUT2D eigenvalue weighted by Gasteiger charge is 2.22. The molecule has 3 nitrogen and oxygen atoms in total. The van der Waals surface area contributed by atoms with Crippen LogP contribution in [0.25, 0.3) is 105 Å². The molecule has 0 amide bonds. The van der Waals surface area contributed by atoms with Gasteiger partial charge >= 0.3 is 0 Å². The number of rotatable bonds is 5. The number of hydrogen-bond donors (Lipinski definition) is 0. The fourth-order valence-corrected chi connectivity index (χ4v) is 6.99. The van der Waals surface area contributed by atoms with Crippen molar-refractivity contribution in [3.63, 3.8) is 0 Å². The first kappa shape index (κ1) is 12.7. The summed E-state index contributed by atoms with van der Waals surface area (Å²) in [6.07, 6.45) is 0. The second-order valence-corrected chi connectivity index (χ2v) is 12.3. The second kappa shape index (κ2) is 12.5. The van der Waals surface area contributed by atoms with Gasteiger partial charge in [0.15, 0.2) is 0 Å². The molecule has 12 rings (SSSR count). The zero-order valence-corrected chi connectivity index (χ0v) is 28.3. The first-order chi connectivity index (χ1) is 42.9. The van der Waals surface area contributed by atoms with Crippen LogP contribution < -0.4 is 0 Å². The van der Waals surface area contributed by atoms with Crippen molar-refractivity contribution in [3.05, 3.63) is 211 Å². The monoisotopic (exact) mass is 761 g/mol. The van der Waals surface area contributed by atoms with E-state index in [1.54, 1.807) is 0 Å². The van der Waals surface area contributed by atoms with Gasteiger partial charge in [0.25, 0.3) is 0 Å². The van der Waals surface area contributed by atoms with E-state index in [4.69, 9.17) is 27.4 Å². The average Bonchev–Trinajstić information content (AvgIpc) is 1.49. The molecule has 0 radical (unpaired) electrons. The van der Waals surface area contributed by atoms with Crippen molar-refractivity contribution in [3.8, 4) is 39.3 Å². The van der Waals surface area contributed by atoms with Crippen LogP contribution in [0.2, 0.25) is 0 Å². The zero-order valence-electron chi connectivity index (χ0n) is 63.3. The maximum absolute atomic E-state index is 10.2. The van der Waals surface area contributed by atoms with Gasteiger partial charge in [0, 0.05) is 43.7 Å². The normalized spacial score (nSPS) is 20.5. The van der Waals surface area contributed by atoms with Gasteiger partial charge in [-0.2, -0.15) is 0 Å². The fourth-order valence-electron chi connectivity index (χ4n) is 6.99. The second-order valence-electron chi connectivity index (χ2n) is 12.3. The van der Waals surface area contributed by atoms with E-state index in [0.717, 1.165) is 0 Å². The number of aromatic nitrogens is 3. The molecule has 0 unspecified atom stereocenters. The van der Waals surface area contributed by atoms with Gasteiger partial charge < -0.3 is 13.7 Å². The van der Waals surface area contributed by atoms with Gasteiger partial charge in [-0.3, -0.25) is 0 Å². The van der Waals surface area contributed by atoms with Crippen LogP contribution in [0.4, 0.5) is 0 Å². The van der Waals surface area contributed by atoms with Crippen molar-refractivity contribution in [2.24, 2.45) is 0 Å². The molecule has 0 N–H and O–H groups in total. The maximum Gasteiger partial charge on any atom is 0.0782 e. The summed E-state index contributed by atoms with van der Waals surface area (Å²) in [6.45, 7) is 0. The third-order valence-electron chi connectivity index (χ3n) is 9.28. The van der Waals surface area contributed by atoms with Gasteiger partial charge in [-0.05, 0) is 88.7 Å². The van der Waals surface area contributed by atoms with Crippen LogP contribution in [0.5, 0.6) is 0 Å². The molecule has 0 bridgehead atoms. The van der Waals surface area contributed by atoms with Gasteiger partial charge in [-0.15, -0.1) is 0 Å². The number of hydrogen-bond acceptors (Lipinski definition) is 0. The van der Waals surface area contributed by atoms with E-state index in [2.05, 4.69) is 0 Å². The summed E-state index contributed by atoms with van der Waals surface area (Å²) in [5, 5.41) is -4.21. The van der Waals surface area contributed by atoms with Crippen molar-refractivity contribution < 1.29 is 48.0 Å². The maximum atomic E-state index is 10.2. The van der Waals surface area contributed by atoms with Crippen LogP contribution in [0.15, 0.2) is 211 Å². The zero-order chi connectivity index (χ0) is 67.9. The molecule has 0 spiro atoms.